The first-order valence-corrected chi connectivity index (χ1v) is 10.9. The van der Waals surface area contributed by atoms with Gasteiger partial charge in [0.1, 0.15) is 0 Å². The number of carbonyl (C=O) groups is 2. The van der Waals surface area contributed by atoms with Crippen molar-refractivity contribution in [2.75, 3.05) is 45.1 Å². The van der Waals surface area contributed by atoms with Crippen molar-refractivity contribution in [2.45, 2.75) is 38.6 Å². The molecule has 3 heterocycles. The number of likely N-dealkylation sites (N-methyl/N-ethyl adjacent to an activating group) is 1. The molecule has 0 bridgehead atoms. The lowest BCUT2D eigenvalue weighted by Crippen LogP contribution is -2.47. The maximum absolute atomic E-state index is 12.8. The van der Waals surface area contributed by atoms with Gasteiger partial charge in [0, 0.05) is 51.3 Å². The summed E-state index contributed by atoms with van der Waals surface area (Å²) in [5.41, 5.74) is 1.86. The number of hydrogen-bond donors (Lipinski definition) is 1. The van der Waals surface area contributed by atoms with Gasteiger partial charge in [-0.25, -0.2) is 4.79 Å². The number of rotatable bonds is 5. The molecule has 1 aromatic heterocycles. The Balaban J connectivity index is 1.33. The molecule has 2 fully saturated rings. The van der Waals surface area contributed by atoms with Gasteiger partial charge in [0.25, 0.3) is 0 Å². The molecule has 0 saturated carbocycles. The number of carbonyl (C=O) groups excluding carboxylic acids is 2. The summed E-state index contributed by atoms with van der Waals surface area (Å²) in [6.45, 7) is 5.96. The summed E-state index contributed by atoms with van der Waals surface area (Å²) in [5.74, 6) is 1.08. The number of amides is 3. The van der Waals surface area contributed by atoms with Crippen LogP contribution < -0.4 is 5.32 Å². The summed E-state index contributed by atoms with van der Waals surface area (Å²) in [6, 6.07) is 7.35. The van der Waals surface area contributed by atoms with Gasteiger partial charge >= 0.3 is 6.03 Å². The SMILES string of the molecule is Cc1cccc(NC(=O)N2CCCC2c2noc(CCC(=O)N3CCN(C)CC3)n2)c1. The lowest BCUT2D eigenvalue weighted by molar-refractivity contribution is -0.132. The lowest BCUT2D eigenvalue weighted by atomic mass is 10.2. The van der Waals surface area contributed by atoms with Crippen LogP contribution in [0.15, 0.2) is 28.8 Å². The van der Waals surface area contributed by atoms with E-state index in [1.54, 1.807) is 4.90 Å². The minimum Gasteiger partial charge on any atom is -0.340 e. The minimum atomic E-state index is -0.212. The molecule has 0 radical (unpaired) electrons. The summed E-state index contributed by atoms with van der Waals surface area (Å²) < 4.78 is 5.40. The molecule has 31 heavy (non-hydrogen) atoms. The van der Waals surface area contributed by atoms with Crippen molar-refractivity contribution in [3.05, 3.63) is 41.5 Å². The topological polar surface area (TPSA) is 94.8 Å². The Bertz CT molecular complexity index is 921. The first-order chi connectivity index (χ1) is 15.0. The second kappa shape index (κ2) is 9.47. The third kappa shape index (κ3) is 5.22. The summed E-state index contributed by atoms with van der Waals surface area (Å²) >= 11 is 0. The Morgan fingerprint density at radius 3 is 2.77 bits per heavy atom. The van der Waals surface area contributed by atoms with Crippen molar-refractivity contribution in [2.24, 2.45) is 0 Å². The fraction of sp³-hybridized carbons (Fsp3) is 0.545. The Hall–Kier alpha value is -2.94. The Morgan fingerprint density at radius 2 is 2.00 bits per heavy atom. The van der Waals surface area contributed by atoms with Crippen molar-refractivity contribution in [1.29, 1.82) is 0 Å². The third-order valence-electron chi connectivity index (χ3n) is 5.97. The number of likely N-dealkylation sites (tertiary alicyclic amines) is 1. The predicted octanol–water partition coefficient (Wildman–Crippen LogP) is 2.45. The van der Waals surface area contributed by atoms with Crippen LogP contribution in [0.25, 0.3) is 0 Å². The quantitative estimate of drug-likeness (QED) is 0.789. The normalized spacial score (nSPS) is 19.6. The summed E-state index contributed by atoms with van der Waals surface area (Å²) in [6.07, 6.45) is 2.45. The number of nitrogens with zero attached hydrogens (tertiary/aromatic N) is 5. The maximum atomic E-state index is 12.8. The third-order valence-corrected chi connectivity index (χ3v) is 5.97. The second-order valence-electron chi connectivity index (χ2n) is 8.38. The number of benzene rings is 1. The van der Waals surface area contributed by atoms with Gasteiger partial charge in [-0.05, 0) is 44.5 Å². The molecule has 2 aliphatic heterocycles. The van der Waals surface area contributed by atoms with E-state index in [1.165, 1.54) is 0 Å². The van der Waals surface area contributed by atoms with Crippen LogP contribution in [-0.4, -0.2) is 76.6 Å². The molecule has 1 N–H and O–H groups in total. The van der Waals surface area contributed by atoms with Crippen molar-refractivity contribution in [1.82, 2.24) is 24.8 Å². The van der Waals surface area contributed by atoms with Gasteiger partial charge in [0.15, 0.2) is 5.82 Å². The van der Waals surface area contributed by atoms with Gasteiger partial charge in [-0.1, -0.05) is 17.3 Å². The van der Waals surface area contributed by atoms with Crippen LogP contribution in [0.4, 0.5) is 10.5 Å². The first-order valence-electron chi connectivity index (χ1n) is 10.9. The number of aryl methyl sites for hydroxylation is 2. The minimum absolute atomic E-state index is 0.118. The zero-order chi connectivity index (χ0) is 21.8. The van der Waals surface area contributed by atoms with Crippen LogP contribution in [0.3, 0.4) is 0 Å². The number of anilines is 1. The molecule has 0 spiro atoms. The molecular formula is C22H30N6O3. The van der Waals surface area contributed by atoms with Crippen LogP contribution >= 0.6 is 0 Å². The van der Waals surface area contributed by atoms with E-state index < -0.39 is 0 Å². The zero-order valence-electron chi connectivity index (χ0n) is 18.2. The molecule has 9 heteroatoms. The van der Waals surface area contributed by atoms with E-state index in [4.69, 9.17) is 4.52 Å². The van der Waals surface area contributed by atoms with Crippen molar-refractivity contribution in [3.8, 4) is 0 Å². The number of nitrogens with one attached hydrogen (secondary N) is 1. The molecule has 1 unspecified atom stereocenters. The van der Waals surface area contributed by atoms with E-state index in [-0.39, 0.29) is 18.0 Å². The molecule has 2 aliphatic rings. The average molecular weight is 427 g/mol. The Kier molecular flexibility index (Phi) is 6.50. The van der Waals surface area contributed by atoms with Crippen LogP contribution in [0.1, 0.15) is 42.6 Å². The summed E-state index contributed by atoms with van der Waals surface area (Å²) in [4.78, 5) is 35.6. The maximum Gasteiger partial charge on any atom is 0.322 e. The Labute approximate surface area is 182 Å². The lowest BCUT2D eigenvalue weighted by Gasteiger charge is -2.32. The Morgan fingerprint density at radius 1 is 1.19 bits per heavy atom. The molecule has 1 atom stereocenters. The zero-order valence-corrected chi connectivity index (χ0v) is 18.2. The molecule has 1 aromatic carbocycles. The first kappa shape index (κ1) is 21.3. The van der Waals surface area contributed by atoms with E-state index in [9.17, 15) is 9.59 Å². The van der Waals surface area contributed by atoms with Gasteiger partial charge in [-0.15, -0.1) is 0 Å². The summed E-state index contributed by atoms with van der Waals surface area (Å²) in [7, 11) is 2.06. The van der Waals surface area contributed by atoms with E-state index >= 15 is 0 Å². The second-order valence-corrected chi connectivity index (χ2v) is 8.38. The van der Waals surface area contributed by atoms with Gasteiger partial charge in [-0.2, -0.15) is 4.98 Å². The van der Waals surface area contributed by atoms with E-state index in [0.29, 0.717) is 31.1 Å². The fourth-order valence-electron chi connectivity index (χ4n) is 4.13. The van der Waals surface area contributed by atoms with Crippen LogP contribution in [0.5, 0.6) is 0 Å². The average Bonchev–Trinajstić information content (AvgIpc) is 3.42. The molecule has 2 aromatic rings. The van der Waals surface area contributed by atoms with Crippen molar-refractivity contribution >= 4 is 17.6 Å². The van der Waals surface area contributed by atoms with E-state index in [2.05, 4.69) is 27.4 Å². The van der Waals surface area contributed by atoms with Crippen LogP contribution in [0.2, 0.25) is 0 Å². The highest BCUT2D eigenvalue weighted by Gasteiger charge is 2.33. The molecular weight excluding hydrogens is 396 g/mol. The van der Waals surface area contributed by atoms with Crippen molar-refractivity contribution in [3.63, 3.8) is 0 Å². The molecule has 0 aliphatic carbocycles. The smallest absolute Gasteiger partial charge is 0.322 e. The molecule has 166 valence electrons. The highest BCUT2D eigenvalue weighted by molar-refractivity contribution is 5.89. The van der Waals surface area contributed by atoms with Gasteiger partial charge < -0.3 is 24.5 Å². The monoisotopic (exact) mass is 426 g/mol. The van der Waals surface area contributed by atoms with Gasteiger partial charge in [-0.3, -0.25) is 4.79 Å². The van der Waals surface area contributed by atoms with Crippen LogP contribution in [-0.2, 0) is 11.2 Å². The predicted molar refractivity (Wildman–Crippen MR) is 116 cm³/mol. The fourth-order valence-corrected chi connectivity index (χ4v) is 4.13. The summed E-state index contributed by atoms with van der Waals surface area (Å²) in [5, 5.41) is 7.07. The highest BCUT2D eigenvalue weighted by Crippen LogP contribution is 2.31. The van der Waals surface area contributed by atoms with E-state index in [1.807, 2.05) is 36.1 Å². The molecule has 3 amide bonds. The number of hydrogen-bond acceptors (Lipinski definition) is 6. The van der Waals surface area contributed by atoms with Gasteiger partial charge in [0.05, 0.1) is 6.04 Å². The molecule has 2 saturated heterocycles. The largest absolute Gasteiger partial charge is 0.340 e. The van der Waals surface area contributed by atoms with Gasteiger partial charge in [0.2, 0.25) is 11.8 Å². The van der Waals surface area contributed by atoms with Crippen molar-refractivity contribution < 1.29 is 14.1 Å². The molecule has 9 nitrogen and oxygen atoms in total. The van der Waals surface area contributed by atoms with Crippen LogP contribution in [0, 0.1) is 6.92 Å². The number of piperazine rings is 1. The number of urea groups is 1. The number of aromatic nitrogens is 2. The standard InChI is InChI=1S/C22H30N6O3/c1-16-5-3-6-17(15-16)23-22(30)28-10-4-7-18(28)21-24-19(31-25-21)8-9-20(29)27-13-11-26(2)12-14-27/h3,5-6,15,18H,4,7-14H2,1-2H3,(H,23,30). The van der Waals surface area contributed by atoms with E-state index in [0.717, 1.165) is 50.3 Å². The molecule has 4 rings (SSSR count). The highest BCUT2D eigenvalue weighted by atomic mass is 16.5.